The third kappa shape index (κ3) is 5.28. The molecule has 4 aliphatic rings. The van der Waals surface area contributed by atoms with Crippen LogP contribution in [-0.4, -0.2) is 106 Å². The third-order valence-corrected chi connectivity index (χ3v) is 9.97. The zero-order valence-electron chi connectivity index (χ0n) is 27.6. The molecule has 14 nitrogen and oxygen atoms in total. The summed E-state index contributed by atoms with van der Waals surface area (Å²) in [4.78, 5) is 70.2. The summed E-state index contributed by atoms with van der Waals surface area (Å²) in [6.07, 6.45) is -0.0326. The number of anilines is 2. The molecule has 6 atom stereocenters. The molecule has 8 N–H and O–H groups in total. The first-order chi connectivity index (χ1) is 21.7. The Bertz CT molecular complexity index is 1670. The fraction of sp³-hybridized carbons (Fsp3) is 0.545. The average molecular weight is 654 g/mol. The van der Waals surface area contributed by atoms with E-state index in [0.717, 1.165) is 0 Å². The summed E-state index contributed by atoms with van der Waals surface area (Å²) < 4.78 is 0. The number of benzene rings is 1. The molecule has 0 radical (unpaired) electrons. The molecule has 0 aromatic heterocycles. The minimum Gasteiger partial charge on any atom is -0.511 e. The number of carbonyl (C=O) groups is 5. The number of aliphatic hydroxyl groups excluding tert-OH is 2. The highest BCUT2D eigenvalue weighted by Crippen LogP contribution is 2.56. The minimum absolute atomic E-state index is 0.0323. The van der Waals surface area contributed by atoms with E-state index in [1.165, 1.54) is 0 Å². The lowest BCUT2D eigenvalue weighted by molar-refractivity contribution is -0.172. The Balaban J connectivity index is 1.64. The number of nitrogens with two attached hydrogens (primary N) is 1. The van der Waals surface area contributed by atoms with E-state index in [4.69, 9.17) is 5.73 Å². The van der Waals surface area contributed by atoms with Gasteiger partial charge in [0.15, 0.2) is 28.7 Å². The van der Waals surface area contributed by atoms with Gasteiger partial charge in [-0.3, -0.25) is 24.0 Å². The molecule has 1 aromatic carbocycles. The Labute approximate surface area is 272 Å². The van der Waals surface area contributed by atoms with Crippen molar-refractivity contribution in [3.8, 4) is 5.75 Å². The smallest absolute Gasteiger partial charge is 0.255 e. The lowest BCUT2D eigenvalue weighted by Gasteiger charge is -2.56. The topological polar surface area (TPSA) is 223 Å². The number of amides is 2. The standard InChI is InChI=1S/C33H43N5O9/c1-32(2,3)35-12-20(40)36-17-11-18(37(4)5)14-8-13-9-16-25(38(6)7)15-10-19(39)24(31(34)46)28(43)23(15)30(45)33(16,47)29(44)21(13)27(42)22(14)26(17)41/h11,13,15-16,23,25,35,39,41,44,47H,8-10,12H2,1-7H3,(H2,34,46)(H,36,40)/t13?,15?,16?,23?,25-,33+/m1/s1. The first-order valence-corrected chi connectivity index (χ1v) is 15.5. The summed E-state index contributed by atoms with van der Waals surface area (Å²) in [6.45, 7) is 5.59. The van der Waals surface area contributed by atoms with Crippen LogP contribution in [-0.2, 0) is 25.6 Å². The molecule has 47 heavy (non-hydrogen) atoms. The molecule has 0 bridgehead atoms. The Morgan fingerprint density at radius 1 is 1.06 bits per heavy atom. The molecule has 0 spiro atoms. The van der Waals surface area contributed by atoms with Gasteiger partial charge in [-0.25, -0.2) is 0 Å². The largest absolute Gasteiger partial charge is 0.511 e. The van der Waals surface area contributed by atoms with Crippen LogP contribution in [0.5, 0.6) is 5.75 Å². The Hall–Kier alpha value is -4.27. The summed E-state index contributed by atoms with van der Waals surface area (Å²) in [7, 11) is 6.85. The monoisotopic (exact) mass is 653 g/mol. The van der Waals surface area contributed by atoms with Crippen LogP contribution in [0.4, 0.5) is 11.4 Å². The molecule has 2 amide bonds. The number of allylic oxidation sites excluding steroid dienone is 2. The zero-order chi connectivity index (χ0) is 35.1. The normalized spacial score (nSPS) is 28.9. The van der Waals surface area contributed by atoms with Gasteiger partial charge >= 0.3 is 0 Å². The van der Waals surface area contributed by atoms with Gasteiger partial charge in [-0.05, 0) is 71.2 Å². The van der Waals surface area contributed by atoms with Crippen LogP contribution in [0, 0.1) is 23.7 Å². The average Bonchev–Trinajstić information content (AvgIpc) is 2.94. The summed E-state index contributed by atoms with van der Waals surface area (Å²) in [5.74, 6) is -10.8. The molecule has 0 saturated heterocycles. The van der Waals surface area contributed by atoms with Crippen LogP contribution in [0.15, 0.2) is 28.7 Å². The van der Waals surface area contributed by atoms with Crippen LogP contribution in [0.25, 0.3) is 0 Å². The second kappa shape index (κ2) is 11.5. The molecule has 1 fully saturated rings. The van der Waals surface area contributed by atoms with Crippen molar-refractivity contribution in [3.05, 3.63) is 39.9 Å². The van der Waals surface area contributed by atoms with Gasteiger partial charge in [-0.15, -0.1) is 0 Å². The molecular weight excluding hydrogens is 610 g/mol. The molecule has 4 aliphatic carbocycles. The van der Waals surface area contributed by atoms with E-state index in [9.17, 15) is 44.4 Å². The van der Waals surface area contributed by atoms with Crippen molar-refractivity contribution >= 4 is 40.5 Å². The first kappa shape index (κ1) is 34.1. The number of phenols is 1. The molecule has 254 valence electrons. The van der Waals surface area contributed by atoms with E-state index in [-0.39, 0.29) is 48.2 Å². The first-order valence-electron chi connectivity index (χ1n) is 15.5. The lowest BCUT2D eigenvalue weighted by atomic mass is 9.51. The van der Waals surface area contributed by atoms with Gasteiger partial charge in [0.25, 0.3) is 5.91 Å². The van der Waals surface area contributed by atoms with Gasteiger partial charge in [0.2, 0.25) is 5.91 Å². The quantitative estimate of drug-likeness (QED) is 0.128. The molecule has 1 aromatic rings. The molecule has 14 heteroatoms. The van der Waals surface area contributed by atoms with Gasteiger partial charge in [-0.1, -0.05) is 0 Å². The number of Topliss-reactive ketones (excluding diaryl/α,β-unsaturated/α-hetero) is 3. The predicted molar refractivity (Wildman–Crippen MR) is 171 cm³/mol. The minimum atomic E-state index is -2.69. The summed E-state index contributed by atoms with van der Waals surface area (Å²) >= 11 is 0. The number of primary amides is 1. The number of ketones is 3. The van der Waals surface area contributed by atoms with E-state index in [1.54, 1.807) is 44.1 Å². The van der Waals surface area contributed by atoms with E-state index < -0.39 is 87.3 Å². The fourth-order valence-corrected chi connectivity index (χ4v) is 8.01. The highest BCUT2D eigenvalue weighted by Gasteiger charge is 2.67. The maximum absolute atomic E-state index is 14.3. The fourth-order valence-electron chi connectivity index (χ4n) is 8.01. The summed E-state index contributed by atoms with van der Waals surface area (Å²) in [5, 5.41) is 51.7. The number of hydrogen-bond donors (Lipinski definition) is 7. The van der Waals surface area contributed by atoms with Crippen molar-refractivity contribution in [3.63, 3.8) is 0 Å². The second-order valence-corrected chi connectivity index (χ2v) is 14.5. The molecule has 0 heterocycles. The van der Waals surface area contributed by atoms with Crippen LogP contribution < -0.4 is 21.3 Å². The number of fused-ring (bicyclic) bond motifs is 4. The zero-order valence-corrected chi connectivity index (χ0v) is 27.6. The Kier molecular flexibility index (Phi) is 8.31. The van der Waals surface area contributed by atoms with E-state index in [2.05, 4.69) is 10.6 Å². The van der Waals surface area contributed by atoms with Gasteiger partial charge in [-0.2, -0.15) is 0 Å². The second-order valence-electron chi connectivity index (χ2n) is 14.5. The van der Waals surface area contributed by atoms with Crippen LogP contribution in [0.2, 0.25) is 0 Å². The number of nitrogens with zero attached hydrogens (tertiary/aromatic N) is 2. The van der Waals surface area contributed by atoms with E-state index in [0.29, 0.717) is 11.3 Å². The number of aromatic hydroxyl groups is 1. The predicted octanol–water partition coefficient (Wildman–Crippen LogP) is 0.718. The van der Waals surface area contributed by atoms with E-state index >= 15 is 0 Å². The summed E-state index contributed by atoms with van der Waals surface area (Å²) in [5.41, 5.74) is 2.11. The Morgan fingerprint density at radius 2 is 1.70 bits per heavy atom. The SMILES string of the molecule is CN(C)c1cc(NC(=O)CNC(C)(C)C)c(O)c2c1CC1CC3[C@H](N(C)C)C4CC(O)=C(C(N)=O)C(=O)C4C(=O)[C@@]3(O)C(O)=C1C2=O. The third-order valence-electron chi connectivity index (χ3n) is 9.97. The molecule has 4 unspecified atom stereocenters. The molecule has 0 aliphatic heterocycles. The van der Waals surface area contributed by atoms with Crippen molar-refractivity contribution in [1.82, 2.24) is 10.2 Å². The highest BCUT2D eigenvalue weighted by molar-refractivity contribution is 6.27. The van der Waals surface area contributed by atoms with Crippen LogP contribution >= 0.6 is 0 Å². The molecule has 1 saturated carbocycles. The maximum atomic E-state index is 14.3. The van der Waals surface area contributed by atoms with Crippen molar-refractivity contribution in [1.29, 1.82) is 0 Å². The van der Waals surface area contributed by atoms with Crippen LogP contribution in [0.1, 0.15) is 49.5 Å². The van der Waals surface area contributed by atoms with Crippen molar-refractivity contribution < 1.29 is 44.4 Å². The number of phenolic OH excluding ortho intramolecular Hbond substituents is 1. The van der Waals surface area contributed by atoms with Crippen molar-refractivity contribution in [2.75, 3.05) is 45.0 Å². The maximum Gasteiger partial charge on any atom is 0.255 e. The van der Waals surface area contributed by atoms with E-state index in [1.807, 2.05) is 20.8 Å². The number of nitrogens with one attached hydrogen (secondary N) is 2. The number of aliphatic hydroxyl groups is 3. The van der Waals surface area contributed by atoms with Gasteiger partial charge in [0, 0.05) is 49.3 Å². The number of hydrogen-bond acceptors (Lipinski definition) is 12. The van der Waals surface area contributed by atoms with Crippen molar-refractivity contribution in [2.24, 2.45) is 29.4 Å². The molecule has 5 rings (SSSR count). The van der Waals surface area contributed by atoms with Gasteiger partial charge < -0.3 is 46.6 Å². The number of rotatable bonds is 6. The highest BCUT2D eigenvalue weighted by atomic mass is 16.3. The Morgan fingerprint density at radius 3 is 2.26 bits per heavy atom. The van der Waals surface area contributed by atoms with Crippen LogP contribution in [0.3, 0.4) is 0 Å². The lowest BCUT2D eigenvalue weighted by Crippen LogP contribution is -2.69. The van der Waals surface area contributed by atoms with Gasteiger partial charge in [0.05, 0.1) is 23.7 Å². The van der Waals surface area contributed by atoms with Crippen molar-refractivity contribution in [2.45, 2.75) is 57.2 Å². The number of carbonyl (C=O) groups excluding carboxylic acids is 5. The summed E-state index contributed by atoms with van der Waals surface area (Å²) in [6, 6.07) is 0.824. The molecular formula is C33H43N5O9. The van der Waals surface area contributed by atoms with Gasteiger partial charge in [0.1, 0.15) is 17.1 Å².